The van der Waals surface area contributed by atoms with Crippen molar-refractivity contribution in [2.75, 3.05) is 4.72 Å². The first kappa shape index (κ1) is 26.4. The number of nitrogens with one attached hydrogen (secondary N) is 1. The van der Waals surface area contributed by atoms with Crippen molar-refractivity contribution >= 4 is 44.9 Å². The molecule has 39 heavy (non-hydrogen) atoms. The summed E-state index contributed by atoms with van der Waals surface area (Å²) >= 11 is 6.14. The molecule has 3 aromatic carbocycles. The number of carbonyl (C=O) groups excluding carboxylic acids is 1. The maximum atomic E-state index is 13.2. The highest BCUT2D eigenvalue weighted by molar-refractivity contribution is 7.92. The smallest absolute Gasteiger partial charge is 0.327 e. The van der Waals surface area contributed by atoms with Crippen molar-refractivity contribution in [3.8, 4) is 0 Å². The zero-order valence-corrected chi connectivity index (χ0v) is 21.4. The van der Waals surface area contributed by atoms with Crippen molar-refractivity contribution in [3.63, 3.8) is 0 Å². The summed E-state index contributed by atoms with van der Waals surface area (Å²) in [6, 6.07) is 16.2. The Bertz CT molecular complexity index is 1710. The van der Waals surface area contributed by atoms with Gasteiger partial charge in [-0.05, 0) is 54.1 Å². The Morgan fingerprint density at radius 1 is 1.00 bits per heavy atom. The minimum absolute atomic E-state index is 0.0460. The molecule has 0 aromatic heterocycles. The predicted molar refractivity (Wildman–Crippen MR) is 142 cm³/mol. The zero-order chi connectivity index (χ0) is 27.8. The molecule has 2 aliphatic rings. The molecular weight excluding hydrogens is 553 g/mol. The molecule has 0 fully saturated rings. The van der Waals surface area contributed by atoms with Crippen molar-refractivity contribution in [1.29, 1.82) is 0 Å². The molecule has 2 aliphatic heterocycles. The lowest BCUT2D eigenvalue weighted by Gasteiger charge is -2.21. The molecule has 2 heterocycles. The number of alkyl halides is 3. The van der Waals surface area contributed by atoms with Crippen molar-refractivity contribution < 1.29 is 26.4 Å². The molecule has 7 nitrogen and oxygen atoms in total. The second-order valence-electron chi connectivity index (χ2n) is 8.55. The summed E-state index contributed by atoms with van der Waals surface area (Å²) in [6.45, 7) is 0.442. The van der Waals surface area contributed by atoms with Crippen LogP contribution in [0.25, 0.3) is 0 Å². The number of amidine groups is 2. The Kier molecular flexibility index (Phi) is 6.87. The third kappa shape index (κ3) is 5.79. The highest BCUT2D eigenvalue weighted by Crippen LogP contribution is 2.31. The van der Waals surface area contributed by atoms with Crippen LogP contribution in [0.3, 0.4) is 0 Å². The summed E-state index contributed by atoms with van der Waals surface area (Å²) in [7, 11) is -4.32. The van der Waals surface area contributed by atoms with Gasteiger partial charge in [-0.1, -0.05) is 48.0 Å². The fourth-order valence-corrected chi connectivity index (χ4v) is 5.26. The minimum atomic E-state index is -4.64. The Labute approximate surface area is 226 Å². The third-order valence-electron chi connectivity index (χ3n) is 5.83. The molecule has 0 aliphatic carbocycles. The number of nitrogens with zero attached hydrogens (tertiary/aromatic N) is 3. The molecule has 1 N–H and O–H groups in total. The highest BCUT2D eigenvalue weighted by atomic mass is 35.5. The van der Waals surface area contributed by atoms with Gasteiger partial charge in [0.15, 0.2) is 5.84 Å². The minimum Gasteiger partial charge on any atom is -0.327 e. The monoisotopic (exact) mass is 570 g/mol. The topological polar surface area (TPSA) is 91.2 Å². The lowest BCUT2D eigenvalue weighted by molar-refractivity contribution is -0.137. The van der Waals surface area contributed by atoms with Gasteiger partial charge in [-0.15, -0.1) is 0 Å². The predicted octanol–water partition coefficient (Wildman–Crippen LogP) is 5.96. The second kappa shape index (κ2) is 10.2. The van der Waals surface area contributed by atoms with Crippen LogP contribution < -0.4 is 4.72 Å². The Morgan fingerprint density at radius 2 is 1.77 bits per heavy atom. The van der Waals surface area contributed by atoms with Crippen molar-refractivity contribution in [3.05, 3.63) is 118 Å². The molecule has 0 bridgehead atoms. The fourth-order valence-electron chi connectivity index (χ4n) is 3.98. The van der Waals surface area contributed by atoms with E-state index < -0.39 is 27.7 Å². The van der Waals surface area contributed by atoms with E-state index in [9.17, 15) is 26.4 Å². The van der Waals surface area contributed by atoms with Gasteiger partial charge in [0.05, 0.1) is 15.5 Å². The van der Waals surface area contributed by atoms with Gasteiger partial charge in [0, 0.05) is 29.6 Å². The lowest BCUT2D eigenvalue weighted by atomic mass is 10.1. The number of carbonyl (C=O) groups is 1. The van der Waals surface area contributed by atoms with Crippen LogP contribution in [-0.2, 0) is 22.7 Å². The highest BCUT2D eigenvalue weighted by Gasteiger charge is 2.31. The van der Waals surface area contributed by atoms with Gasteiger partial charge in [0.25, 0.3) is 15.9 Å². The summed E-state index contributed by atoms with van der Waals surface area (Å²) < 4.78 is 67.1. The van der Waals surface area contributed by atoms with Crippen LogP contribution in [0.4, 0.5) is 18.9 Å². The third-order valence-corrected chi connectivity index (χ3v) is 7.43. The first-order valence-electron chi connectivity index (χ1n) is 11.4. The van der Waals surface area contributed by atoms with E-state index in [0.29, 0.717) is 29.0 Å². The largest absolute Gasteiger partial charge is 0.416 e. The number of benzene rings is 3. The number of halogens is 4. The molecule has 12 heteroatoms. The van der Waals surface area contributed by atoms with Gasteiger partial charge >= 0.3 is 6.18 Å². The SMILES string of the molecule is O=C(N=C1N=C2C=CC(Cl)=CN2Cc2ccccc21)c1cccc(S(=O)(=O)Nc2cccc(C(F)(F)F)c2)c1. The quantitative estimate of drug-likeness (QED) is 0.419. The van der Waals surface area contributed by atoms with E-state index >= 15 is 0 Å². The van der Waals surface area contributed by atoms with Crippen molar-refractivity contribution in [1.82, 2.24) is 4.90 Å². The molecule has 0 atom stereocenters. The number of fused-ring (bicyclic) bond motifs is 2. The number of anilines is 1. The van der Waals surface area contributed by atoms with Gasteiger partial charge in [0.1, 0.15) is 5.84 Å². The molecule has 3 aromatic rings. The molecule has 0 saturated heterocycles. The van der Waals surface area contributed by atoms with Crippen molar-refractivity contribution in [2.45, 2.75) is 17.6 Å². The molecule has 0 saturated carbocycles. The number of rotatable bonds is 4. The molecule has 5 rings (SSSR count). The van der Waals surface area contributed by atoms with Crippen LogP contribution in [0.2, 0.25) is 0 Å². The molecular formula is C27H18ClF3N4O3S. The van der Waals surface area contributed by atoms with E-state index in [2.05, 4.69) is 14.7 Å². The van der Waals surface area contributed by atoms with Gasteiger partial charge < -0.3 is 4.90 Å². The number of aliphatic imine (C=N–C) groups is 2. The van der Waals surface area contributed by atoms with Gasteiger partial charge in [-0.25, -0.2) is 13.4 Å². The Morgan fingerprint density at radius 3 is 2.56 bits per heavy atom. The average Bonchev–Trinajstić information content (AvgIpc) is 3.04. The van der Waals surface area contributed by atoms with Crippen LogP contribution >= 0.6 is 11.6 Å². The standard InChI is InChI=1S/C27H18ClF3N4O3S/c28-20-11-12-24-32-25(23-10-2-1-5-18(23)15-35(24)16-20)33-26(36)17-6-3-9-22(13-17)39(37,38)34-21-8-4-7-19(14-21)27(29,30)31/h1-14,16,34H,15H2. The summed E-state index contributed by atoms with van der Waals surface area (Å²) in [4.78, 5) is 23.4. The maximum Gasteiger partial charge on any atom is 0.416 e. The van der Waals surface area contributed by atoms with Crippen LogP contribution in [0.15, 0.2) is 111 Å². The fraction of sp³-hybridized carbons (Fsp3) is 0.0741. The Hall–Kier alpha value is -4.22. The molecule has 1 amide bonds. The summed E-state index contributed by atoms with van der Waals surface area (Å²) in [5.41, 5.74) is 0.153. The second-order valence-corrected chi connectivity index (χ2v) is 10.7. The van der Waals surface area contributed by atoms with Gasteiger partial charge in [-0.3, -0.25) is 9.52 Å². The summed E-state index contributed by atoms with van der Waals surface area (Å²) in [5, 5.41) is 0.514. The first-order valence-corrected chi connectivity index (χ1v) is 13.3. The summed E-state index contributed by atoms with van der Waals surface area (Å²) in [6.07, 6.45) is 0.437. The van der Waals surface area contributed by atoms with E-state index in [1.54, 1.807) is 30.5 Å². The lowest BCUT2D eigenvalue weighted by Crippen LogP contribution is -2.25. The van der Waals surface area contributed by atoms with E-state index in [-0.39, 0.29) is 22.0 Å². The summed E-state index contributed by atoms with van der Waals surface area (Å²) in [5.74, 6) is -0.0922. The molecule has 0 unspecified atom stereocenters. The number of amides is 1. The first-order chi connectivity index (χ1) is 18.5. The van der Waals surface area contributed by atoms with Gasteiger partial charge in [0.2, 0.25) is 0 Å². The molecule has 0 radical (unpaired) electrons. The molecule has 198 valence electrons. The number of allylic oxidation sites excluding steroid dienone is 2. The van der Waals surface area contributed by atoms with E-state index in [1.165, 1.54) is 24.3 Å². The van der Waals surface area contributed by atoms with Crippen molar-refractivity contribution in [2.24, 2.45) is 9.98 Å². The van der Waals surface area contributed by atoms with Crippen LogP contribution in [0.1, 0.15) is 27.0 Å². The number of hydrogen-bond donors (Lipinski definition) is 1. The van der Waals surface area contributed by atoms with Crippen LogP contribution in [0.5, 0.6) is 0 Å². The van der Waals surface area contributed by atoms with Crippen LogP contribution in [-0.4, -0.2) is 30.9 Å². The Balaban J connectivity index is 1.47. The number of sulfonamides is 1. The van der Waals surface area contributed by atoms with Gasteiger partial charge in [-0.2, -0.15) is 18.2 Å². The van der Waals surface area contributed by atoms with Crippen LogP contribution in [0, 0.1) is 0 Å². The van der Waals surface area contributed by atoms with E-state index in [4.69, 9.17) is 11.6 Å². The maximum absolute atomic E-state index is 13.2. The van der Waals surface area contributed by atoms with E-state index in [0.717, 1.165) is 23.8 Å². The number of hydrogen-bond acceptors (Lipinski definition) is 4. The normalized spacial score (nSPS) is 16.1. The zero-order valence-electron chi connectivity index (χ0n) is 19.9. The molecule has 0 spiro atoms. The van der Waals surface area contributed by atoms with E-state index in [1.807, 2.05) is 17.0 Å². The average molecular weight is 571 g/mol.